The fourth-order valence-electron chi connectivity index (χ4n) is 0.775. The van der Waals surface area contributed by atoms with Gasteiger partial charge in [-0.25, -0.2) is 0 Å². The van der Waals surface area contributed by atoms with Crippen LogP contribution in [0.4, 0.5) is 0 Å². The van der Waals surface area contributed by atoms with Crippen LogP contribution in [0.5, 0.6) is 0 Å². The minimum Gasteiger partial charge on any atom is -0.301 e. The van der Waals surface area contributed by atoms with Crippen LogP contribution in [0.1, 0.15) is 20.3 Å². The summed E-state index contributed by atoms with van der Waals surface area (Å²) in [6.45, 7) is 3.82. The van der Waals surface area contributed by atoms with Crippen molar-refractivity contribution >= 4 is 0 Å². The standard InChI is InChI=1S/C7H10N4/c1-3-7(2,4-8)11-5-9-10-6-11/h5-6H,3H2,1-2H3. The van der Waals surface area contributed by atoms with Crippen molar-refractivity contribution in [3.8, 4) is 6.07 Å². The maximum atomic E-state index is 8.83. The molecule has 1 rings (SSSR count). The minimum absolute atomic E-state index is 0.497. The third-order valence-electron chi connectivity index (χ3n) is 1.92. The first-order chi connectivity index (χ1) is 5.23. The van der Waals surface area contributed by atoms with E-state index >= 15 is 0 Å². The fraction of sp³-hybridized carbons (Fsp3) is 0.571. The van der Waals surface area contributed by atoms with Gasteiger partial charge < -0.3 is 4.57 Å². The molecule has 0 saturated carbocycles. The van der Waals surface area contributed by atoms with Crippen LogP contribution in [0, 0.1) is 11.3 Å². The van der Waals surface area contributed by atoms with E-state index in [0.29, 0.717) is 0 Å². The highest BCUT2D eigenvalue weighted by atomic mass is 15.3. The Morgan fingerprint density at radius 3 is 2.45 bits per heavy atom. The molecule has 0 spiro atoms. The molecule has 0 fully saturated rings. The highest BCUT2D eigenvalue weighted by Gasteiger charge is 2.22. The third kappa shape index (κ3) is 1.22. The molecule has 1 unspecified atom stereocenters. The van der Waals surface area contributed by atoms with Crippen molar-refractivity contribution in [1.29, 1.82) is 5.26 Å². The molecule has 1 aromatic rings. The molecule has 1 heterocycles. The predicted octanol–water partition coefficient (Wildman–Crippen LogP) is 0.927. The van der Waals surface area contributed by atoms with Crippen molar-refractivity contribution in [2.75, 3.05) is 0 Å². The molecular weight excluding hydrogens is 140 g/mol. The number of nitrogens with zero attached hydrogens (tertiary/aromatic N) is 4. The lowest BCUT2D eigenvalue weighted by Gasteiger charge is -2.19. The lowest BCUT2D eigenvalue weighted by atomic mass is 10.0. The SMILES string of the molecule is CCC(C)(C#N)n1cnnc1. The highest BCUT2D eigenvalue weighted by molar-refractivity contribution is 5.01. The quantitative estimate of drug-likeness (QED) is 0.630. The summed E-state index contributed by atoms with van der Waals surface area (Å²) in [4.78, 5) is 0. The molecule has 0 saturated heterocycles. The molecule has 4 nitrogen and oxygen atoms in total. The predicted molar refractivity (Wildman–Crippen MR) is 39.6 cm³/mol. The molecule has 0 radical (unpaired) electrons. The van der Waals surface area contributed by atoms with Crippen LogP contribution in [-0.2, 0) is 5.54 Å². The average Bonchev–Trinajstić information content (AvgIpc) is 2.55. The highest BCUT2D eigenvalue weighted by Crippen LogP contribution is 2.17. The summed E-state index contributed by atoms with van der Waals surface area (Å²) >= 11 is 0. The summed E-state index contributed by atoms with van der Waals surface area (Å²) < 4.78 is 1.72. The van der Waals surface area contributed by atoms with Crippen LogP contribution < -0.4 is 0 Å². The van der Waals surface area contributed by atoms with Gasteiger partial charge in [-0.1, -0.05) is 6.92 Å². The van der Waals surface area contributed by atoms with Crippen LogP contribution in [0.25, 0.3) is 0 Å². The van der Waals surface area contributed by atoms with E-state index in [1.54, 1.807) is 17.2 Å². The van der Waals surface area contributed by atoms with Gasteiger partial charge in [0.15, 0.2) is 0 Å². The molecule has 0 aliphatic carbocycles. The van der Waals surface area contributed by atoms with E-state index in [4.69, 9.17) is 5.26 Å². The van der Waals surface area contributed by atoms with Gasteiger partial charge in [-0.2, -0.15) is 5.26 Å². The van der Waals surface area contributed by atoms with Gasteiger partial charge in [0.1, 0.15) is 18.2 Å². The Labute approximate surface area is 65.5 Å². The number of nitriles is 1. The smallest absolute Gasteiger partial charge is 0.131 e. The molecule has 58 valence electrons. The zero-order chi connectivity index (χ0) is 8.32. The summed E-state index contributed by atoms with van der Waals surface area (Å²) in [5.74, 6) is 0. The third-order valence-corrected chi connectivity index (χ3v) is 1.92. The zero-order valence-electron chi connectivity index (χ0n) is 6.65. The Hall–Kier alpha value is -1.37. The van der Waals surface area contributed by atoms with Gasteiger partial charge in [0.05, 0.1) is 6.07 Å². The van der Waals surface area contributed by atoms with Crippen molar-refractivity contribution in [2.24, 2.45) is 0 Å². The maximum Gasteiger partial charge on any atom is 0.131 e. The minimum atomic E-state index is -0.497. The summed E-state index contributed by atoms with van der Waals surface area (Å²) in [6, 6.07) is 2.21. The van der Waals surface area contributed by atoms with E-state index in [2.05, 4.69) is 16.3 Å². The lowest BCUT2D eigenvalue weighted by Crippen LogP contribution is -2.25. The van der Waals surface area contributed by atoms with E-state index in [9.17, 15) is 0 Å². The van der Waals surface area contributed by atoms with Gasteiger partial charge >= 0.3 is 0 Å². The molecule has 4 heteroatoms. The lowest BCUT2D eigenvalue weighted by molar-refractivity contribution is 0.406. The normalized spacial score (nSPS) is 15.4. The summed E-state index contributed by atoms with van der Waals surface area (Å²) in [5, 5.41) is 16.1. The van der Waals surface area contributed by atoms with Gasteiger partial charge in [0.2, 0.25) is 0 Å². The van der Waals surface area contributed by atoms with Crippen molar-refractivity contribution < 1.29 is 0 Å². The van der Waals surface area contributed by atoms with E-state index in [1.807, 2.05) is 13.8 Å². The molecule has 0 bridgehead atoms. The van der Waals surface area contributed by atoms with Gasteiger partial charge in [-0.05, 0) is 13.3 Å². The van der Waals surface area contributed by atoms with Gasteiger partial charge in [0, 0.05) is 0 Å². The number of hydrogen-bond acceptors (Lipinski definition) is 3. The molecule has 1 aromatic heterocycles. The van der Waals surface area contributed by atoms with Crippen LogP contribution in [-0.4, -0.2) is 14.8 Å². The Morgan fingerprint density at radius 2 is 2.09 bits per heavy atom. The summed E-state index contributed by atoms with van der Waals surface area (Å²) in [5.41, 5.74) is -0.497. The monoisotopic (exact) mass is 150 g/mol. The van der Waals surface area contributed by atoms with E-state index in [0.717, 1.165) is 6.42 Å². The number of rotatable bonds is 2. The molecule has 0 aliphatic heterocycles. The van der Waals surface area contributed by atoms with E-state index < -0.39 is 5.54 Å². The van der Waals surface area contributed by atoms with Crippen molar-refractivity contribution in [3.63, 3.8) is 0 Å². The molecule has 0 amide bonds. The molecule has 0 aliphatic rings. The van der Waals surface area contributed by atoms with Gasteiger partial charge in [0.25, 0.3) is 0 Å². The van der Waals surface area contributed by atoms with E-state index in [1.165, 1.54) is 0 Å². The Morgan fingerprint density at radius 1 is 1.55 bits per heavy atom. The second-order valence-corrected chi connectivity index (χ2v) is 2.61. The van der Waals surface area contributed by atoms with E-state index in [-0.39, 0.29) is 0 Å². The first-order valence-electron chi connectivity index (χ1n) is 3.49. The Balaban J connectivity index is 2.99. The second-order valence-electron chi connectivity index (χ2n) is 2.61. The first-order valence-corrected chi connectivity index (χ1v) is 3.49. The van der Waals surface area contributed by atoms with Crippen LogP contribution in [0.15, 0.2) is 12.7 Å². The molecule has 1 atom stereocenters. The average molecular weight is 150 g/mol. The van der Waals surface area contributed by atoms with Crippen molar-refractivity contribution in [1.82, 2.24) is 14.8 Å². The molecule has 0 aromatic carbocycles. The summed E-state index contributed by atoms with van der Waals surface area (Å²) in [7, 11) is 0. The number of hydrogen-bond donors (Lipinski definition) is 0. The van der Waals surface area contributed by atoms with Crippen LogP contribution in [0.3, 0.4) is 0 Å². The fourth-order valence-corrected chi connectivity index (χ4v) is 0.775. The molecular formula is C7H10N4. The molecule has 0 N–H and O–H groups in total. The Kier molecular flexibility index (Phi) is 1.90. The first kappa shape index (κ1) is 7.73. The Bertz CT molecular complexity index is 258. The van der Waals surface area contributed by atoms with Crippen molar-refractivity contribution in [2.45, 2.75) is 25.8 Å². The van der Waals surface area contributed by atoms with Crippen LogP contribution in [0.2, 0.25) is 0 Å². The van der Waals surface area contributed by atoms with Crippen molar-refractivity contribution in [3.05, 3.63) is 12.7 Å². The maximum absolute atomic E-state index is 8.83. The van der Waals surface area contributed by atoms with Gasteiger partial charge in [-0.15, -0.1) is 10.2 Å². The van der Waals surface area contributed by atoms with Crippen LogP contribution >= 0.6 is 0 Å². The topological polar surface area (TPSA) is 54.5 Å². The van der Waals surface area contributed by atoms with Gasteiger partial charge in [-0.3, -0.25) is 0 Å². The number of aromatic nitrogens is 3. The largest absolute Gasteiger partial charge is 0.301 e. The summed E-state index contributed by atoms with van der Waals surface area (Å²) in [6.07, 6.45) is 3.88. The molecule has 11 heavy (non-hydrogen) atoms. The second kappa shape index (κ2) is 2.70. The zero-order valence-corrected chi connectivity index (χ0v) is 6.65.